The summed E-state index contributed by atoms with van der Waals surface area (Å²) in [7, 11) is -1.50. The lowest BCUT2D eigenvalue weighted by Gasteiger charge is -2.18. The second-order valence-corrected chi connectivity index (χ2v) is 18.8. The third-order valence-electron chi connectivity index (χ3n) is 13.8. The van der Waals surface area contributed by atoms with Crippen molar-refractivity contribution in [2.75, 3.05) is 0 Å². The van der Waals surface area contributed by atoms with Crippen LogP contribution in [0.1, 0.15) is 22.5 Å². The highest BCUT2D eigenvalue weighted by Gasteiger charge is 2.24. The van der Waals surface area contributed by atoms with Gasteiger partial charge in [0, 0.05) is 40.8 Å². The van der Waals surface area contributed by atoms with Gasteiger partial charge in [0.2, 0.25) is 0 Å². The molecule has 2 N–H and O–H groups in total. The van der Waals surface area contributed by atoms with Gasteiger partial charge in [-0.2, -0.15) is 0 Å². The second kappa shape index (κ2) is 18.5. The topological polar surface area (TPSA) is 66.2 Å². The molecule has 332 valence electrons. The first-order valence-electron chi connectivity index (χ1n) is 23.6. The van der Waals surface area contributed by atoms with Gasteiger partial charge in [-0.05, 0) is 135 Å². The normalized spacial score (nSPS) is 11.8. The van der Waals surface area contributed by atoms with E-state index in [0.29, 0.717) is 5.46 Å². The van der Waals surface area contributed by atoms with Gasteiger partial charge in [-0.3, -0.25) is 9.97 Å². The van der Waals surface area contributed by atoms with Crippen molar-refractivity contribution in [2.45, 2.75) is 12.8 Å². The van der Waals surface area contributed by atoms with Crippen LogP contribution >= 0.6 is 15.9 Å². The van der Waals surface area contributed by atoms with Gasteiger partial charge in [0.25, 0.3) is 0 Å². The Kier molecular flexibility index (Phi) is 11.4. The number of fused-ring (bicyclic) bond motifs is 10. The van der Waals surface area contributed by atoms with Crippen LogP contribution in [-0.4, -0.2) is 27.1 Å². The molecule has 2 aromatic heterocycles. The highest BCUT2D eigenvalue weighted by Crippen LogP contribution is 2.46. The number of rotatable bonds is 4. The minimum absolute atomic E-state index is 0.566. The smallest absolute Gasteiger partial charge is 0.423 e. The van der Waals surface area contributed by atoms with Crippen molar-refractivity contribution in [3.63, 3.8) is 0 Å². The lowest BCUT2D eigenvalue weighted by atomic mass is 9.72. The fourth-order valence-electron chi connectivity index (χ4n) is 10.8. The molecule has 4 nitrogen and oxygen atoms in total. The molecule has 10 aromatic carbocycles. The predicted octanol–water partition coefficient (Wildman–Crippen LogP) is 15.0. The lowest BCUT2D eigenvalue weighted by molar-refractivity contribution is 0.426. The summed E-state index contributed by atoms with van der Waals surface area (Å²) in [5.74, 6) is 0. The van der Waals surface area contributed by atoms with E-state index in [0.717, 1.165) is 50.0 Å². The number of benzene rings is 10. The van der Waals surface area contributed by atoms with Crippen molar-refractivity contribution in [3.05, 3.63) is 258 Å². The zero-order valence-electron chi connectivity index (χ0n) is 38.1. The van der Waals surface area contributed by atoms with Gasteiger partial charge in [-0.1, -0.05) is 204 Å². The molecular weight excluding hydrogens is 919 g/mol. The average molecular weight is 964 g/mol. The highest BCUT2D eigenvalue weighted by atomic mass is 79.9. The summed E-state index contributed by atoms with van der Waals surface area (Å²) in [6.07, 6.45) is 5.65. The van der Waals surface area contributed by atoms with Gasteiger partial charge in [-0.15, -0.1) is 0 Å². The molecule has 0 bridgehead atoms. The minimum Gasteiger partial charge on any atom is -0.423 e. The number of hydrogen-bond acceptors (Lipinski definition) is 4. The quantitative estimate of drug-likeness (QED) is 0.136. The summed E-state index contributed by atoms with van der Waals surface area (Å²) in [6, 6.07) is 76.2. The Morgan fingerprint density at radius 1 is 0.343 bits per heavy atom. The third kappa shape index (κ3) is 7.77. The van der Waals surface area contributed by atoms with Crippen molar-refractivity contribution in [1.82, 2.24) is 9.97 Å². The molecule has 0 unspecified atom stereocenters. The van der Waals surface area contributed by atoms with Crippen molar-refractivity contribution < 1.29 is 10.0 Å². The average Bonchev–Trinajstić information content (AvgIpc) is 3.98. The molecule has 70 heavy (non-hydrogen) atoms. The van der Waals surface area contributed by atoms with Crippen LogP contribution in [0, 0.1) is 0 Å². The summed E-state index contributed by atoms with van der Waals surface area (Å²) in [4.78, 5) is 9.01. The van der Waals surface area contributed by atoms with Crippen molar-refractivity contribution >= 4 is 71.6 Å². The van der Waals surface area contributed by atoms with Gasteiger partial charge >= 0.3 is 7.12 Å². The number of halogens is 1. The maximum Gasteiger partial charge on any atom is 0.489 e. The summed E-state index contributed by atoms with van der Waals surface area (Å²) in [5.41, 5.74) is 18.2. The monoisotopic (exact) mass is 962 g/mol. The van der Waals surface area contributed by atoms with Crippen LogP contribution in [0.2, 0.25) is 0 Å². The van der Waals surface area contributed by atoms with E-state index in [2.05, 4.69) is 165 Å². The molecule has 0 spiro atoms. The SMILES string of the molecule is Brc1ccc2c(c1)-c1cccnc1C2.OB(O)c1c2ccccc2c(-c2ccccc2)c2ccccc12.c1ccc(-c2c3ccccc3c(-c3ccc4c(c3)-c3cccnc3C4)c3ccccc23)cc1. The number of pyridine rings is 2. The molecule has 0 amide bonds. The van der Waals surface area contributed by atoms with E-state index in [1.165, 1.54) is 88.6 Å². The highest BCUT2D eigenvalue weighted by molar-refractivity contribution is 9.10. The number of hydrogen-bond donors (Lipinski definition) is 2. The lowest BCUT2D eigenvalue weighted by Crippen LogP contribution is -2.31. The zero-order valence-corrected chi connectivity index (χ0v) is 39.7. The van der Waals surface area contributed by atoms with E-state index < -0.39 is 7.12 Å². The van der Waals surface area contributed by atoms with E-state index in [1.54, 1.807) is 0 Å². The fraction of sp³-hybridized carbons (Fsp3) is 0.0312. The standard InChI is InChI=1S/C32H21N.C20H15BO2.C12H8BrN/c1-2-9-21(10-3-1)31-25-11-4-6-13-27(25)32(28-14-7-5-12-26(28)31)23-17-16-22-20-30-24(29(22)19-23)15-8-18-33-30;22-21(23)20-17-12-6-4-10-15(17)19(14-8-2-1-3-9-14)16-11-5-7-13-18(16)20;13-9-4-3-8-6-12-10(11(8)7-9)2-1-5-14-12/h1-19H,20H2;1-13,22-23H;1-5,7H,6H2. The molecular formula is C64H44BBrN2O2. The molecule has 14 rings (SSSR count). The van der Waals surface area contributed by atoms with Crippen LogP contribution in [0.4, 0.5) is 0 Å². The van der Waals surface area contributed by atoms with E-state index in [-0.39, 0.29) is 0 Å². The van der Waals surface area contributed by atoms with Gasteiger partial charge in [0.05, 0.1) is 11.4 Å². The second-order valence-electron chi connectivity index (χ2n) is 17.8. The Balaban J connectivity index is 0.000000118. The number of nitrogens with zero attached hydrogens (tertiary/aromatic N) is 2. The Morgan fingerprint density at radius 3 is 1.16 bits per heavy atom. The van der Waals surface area contributed by atoms with Crippen LogP contribution in [0.3, 0.4) is 0 Å². The molecule has 0 saturated heterocycles. The Morgan fingerprint density at radius 2 is 0.714 bits per heavy atom. The minimum atomic E-state index is -1.50. The third-order valence-corrected chi connectivity index (χ3v) is 14.3. The van der Waals surface area contributed by atoms with Crippen LogP contribution in [0.5, 0.6) is 0 Å². The van der Waals surface area contributed by atoms with Gasteiger partial charge in [-0.25, -0.2) is 0 Å². The van der Waals surface area contributed by atoms with E-state index >= 15 is 0 Å². The molecule has 0 saturated carbocycles. The molecule has 0 atom stereocenters. The maximum atomic E-state index is 9.94. The molecule has 0 radical (unpaired) electrons. The molecule has 2 aliphatic rings. The van der Waals surface area contributed by atoms with Gasteiger partial charge in [0.15, 0.2) is 0 Å². The summed E-state index contributed by atoms with van der Waals surface area (Å²) >= 11 is 3.50. The van der Waals surface area contributed by atoms with Crippen LogP contribution < -0.4 is 5.46 Å². The molecule has 12 aromatic rings. The first-order valence-corrected chi connectivity index (χ1v) is 24.4. The van der Waals surface area contributed by atoms with Crippen LogP contribution in [0.15, 0.2) is 235 Å². The van der Waals surface area contributed by atoms with E-state index in [4.69, 9.17) is 0 Å². The molecule has 2 aliphatic carbocycles. The maximum absolute atomic E-state index is 9.94. The van der Waals surface area contributed by atoms with E-state index in [1.807, 2.05) is 91.3 Å². The molecule has 0 fully saturated rings. The predicted molar refractivity (Wildman–Crippen MR) is 295 cm³/mol. The van der Waals surface area contributed by atoms with Crippen LogP contribution in [0.25, 0.3) is 98.7 Å². The summed E-state index contributed by atoms with van der Waals surface area (Å²) < 4.78 is 1.13. The van der Waals surface area contributed by atoms with Crippen molar-refractivity contribution in [2.24, 2.45) is 0 Å². The summed E-state index contributed by atoms with van der Waals surface area (Å²) in [5, 5.41) is 28.8. The van der Waals surface area contributed by atoms with Crippen LogP contribution in [-0.2, 0) is 12.8 Å². The Bertz CT molecular complexity index is 3840. The van der Waals surface area contributed by atoms with Crippen molar-refractivity contribution in [3.8, 4) is 55.6 Å². The molecule has 0 aliphatic heterocycles. The first-order chi connectivity index (χ1) is 34.5. The number of aromatic nitrogens is 2. The van der Waals surface area contributed by atoms with Crippen molar-refractivity contribution in [1.29, 1.82) is 0 Å². The first kappa shape index (κ1) is 43.3. The summed E-state index contributed by atoms with van der Waals surface area (Å²) in [6.45, 7) is 0. The zero-order chi connectivity index (χ0) is 47.1. The Labute approximate surface area is 415 Å². The largest absolute Gasteiger partial charge is 0.489 e. The molecule has 6 heteroatoms. The Hall–Kier alpha value is -8.00. The molecule has 2 heterocycles. The fourth-order valence-corrected chi connectivity index (χ4v) is 11.2. The van der Waals surface area contributed by atoms with E-state index in [9.17, 15) is 10.0 Å². The van der Waals surface area contributed by atoms with Gasteiger partial charge in [0.1, 0.15) is 0 Å². The van der Waals surface area contributed by atoms with Gasteiger partial charge < -0.3 is 10.0 Å².